The smallest absolute Gasteiger partial charge is 0.325 e. The molecule has 1 amide bonds. The first-order valence-corrected chi connectivity index (χ1v) is 9.79. The van der Waals surface area contributed by atoms with Crippen LogP contribution in [0.15, 0.2) is 12.2 Å². The lowest BCUT2D eigenvalue weighted by Gasteiger charge is -2.64. The van der Waals surface area contributed by atoms with Gasteiger partial charge in [-0.1, -0.05) is 27.4 Å². The van der Waals surface area contributed by atoms with Crippen molar-refractivity contribution in [2.75, 3.05) is 6.54 Å². The molecule has 2 atom stereocenters. The van der Waals surface area contributed by atoms with Gasteiger partial charge in [0.1, 0.15) is 12.1 Å². The molecule has 4 bridgehead atoms. The van der Waals surface area contributed by atoms with Gasteiger partial charge in [0.25, 0.3) is 0 Å². The third-order valence-corrected chi connectivity index (χ3v) is 6.69. The first-order chi connectivity index (χ1) is 11.6. The lowest BCUT2D eigenvalue weighted by molar-refractivity contribution is -0.227. The number of amides is 1. The molecule has 4 aliphatic carbocycles. The number of esters is 1. The summed E-state index contributed by atoms with van der Waals surface area (Å²) in [4.78, 5) is 24.2. The van der Waals surface area contributed by atoms with E-state index in [4.69, 9.17) is 4.74 Å². The Bertz CT molecular complexity index is 564. The van der Waals surface area contributed by atoms with E-state index in [2.05, 4.69) is 32.7 Å². The van der Waals surface area contributed by atoms with Crippen LogP contribution in [0, 0.1) is 29.1 Å². The zero-order valence-corrected chi connectivity index (χ0v) is 16.2. The molecule has 1 N–H and O–H groups in total. The van der Waals surface area contributed by atoms with Crippen molar-refractivity contribution >= 4 is 11.9 Å². The molecule has 0 saturated heterocycles. The fraction of sp³-hybridized carbons (Fsp3) is 0.810. The molecule has 4 fully saturated rings. The Balaban J connectivity index is 1.75. The summed E-state index contributed by atoms with van der Waals surface area (Å²) in [7, 11) is 0. The van der Waals surface area contributed by atoms with E-state index < -0.39 is 0 Å². The van der Waals surface area contributed by atoms with E-state index in [1.165, 1.54) is 32.1 Å². The van der Waals surface area contributed by atoms with Crippen LogP contribution in [-0.4, -0.2) is 24.0 Å². The summed E-state index contributed by atoms with van der Waals surface area (Å²) in [5, 5.41) is 2.62. The van der Waals surface area contributed by atoms with Gasteiger partial charge in [0.2, 0.25) is 5.91 Å². The second-order valence-corrected chi connectivity index (χ2v) is 9.64. The molecule has 2 unspecified atom stereocenters. The summed E-state index contributed by atoms with van der Waals surface area (Å²) in [6.45, 7) is 12.0. The lowest BCUT2D eigenvalue weighted by Crippen LogP contribution is -2.63. The molecule has 0 aromatic rings. The van der Waals surface area contributed by atoms with E-state index in [0.29, 0.717) is 28.7 Å². The molecule has 4 saturated carbocycles. The lowest BCUT2D eigenvalue weighted by atomic mass is 9.44. The molecule has 4 rings (SSSR count). The van der Waals surface area contributed by atoms with Crippen LogP contribution in [0.2, 0.25) is 0 Å². The van der Waals surface area contributed by atoms with Crippen LogP contribution in [0.5, 0.6) is 0 Å². The van der Waals surface area contributed by atoms with E-state index in [9.17, 15) is 9.59 Å². The number of nitrogens with one attached hydrogen (secondary N) is 1. The maximum absolute atomic E-state index is 12.6. The highest BCUT2D eigenvalue weighted by atomic mass is 16.6. The van der Waals surface area contributed by atoms with E-state index in [1.54, 1.807) is 6.92 Å². The van der Waals surface area contributed by atoms with E-state index in [-0.39, 0.29) is 24.0 Å². The van der Waals surface area contributed by atoms with Crippen LogP contribution in [0.25, 0.3) is 0 Å². The second kappa shape index (κ2) is 6.44. The molecule has 0 radical (unpaired) electrons. The predicted octanol–water partition coefficient (Wildman–Crippen LogP) is 3.85. The summed E-state index contributed by atoms with van der Waals surface area (Å²) in [5.74, 6) is 1.67. The van der Waals surface area contributed by atoms with Gasteiger partial charge in [-0.15, -0.1) is 0 Å². The molecule has 25 heavy (non-hydrogen) atoms. The van der Waals surface area contributed by atoms with Crippen LogP contribution >= 0.6 is 0 Å². The van der Waals surface area contributed by atoms with Crippen molar-refractivity contribution in [2.45, 2.75) is 71.8 Å². The Morgan fingerprint density at radius 1 is 1.20 bits per heavy atom. The molecule has 4 nitrogen and oxygen atoms in total. The molecule has 140 valence electrons. The number of hydrogen-bond acceptors (Lipinski definition) is 3. The van der Waals surface area contributed by atoms with Gasteiger partial charge in [-0.2, -0.15) is 0 Å². The van der Waals surface area contributed by atoms with Crippen molar-refractivity contribution in [3.63, 3.8) is 0 Å². The molecule has 0 aromatic heterocycles. The minimum atomic E-state index is -0.324. The van der Waals surface area contributed by atoms with E-state index >= 15 is 0 Å². The molecule has 0 aliphatic heterocycles. The molecular formula is C21H33NO3. The van der Waals surface area contributed by atoms with E-state index in [1.807, 2.05) is 0 Å². The van der Waals surface area contributed by atoms with Crippen molar-refractivity contribution in [1.29, 1.82) is 0 Å². The van der Waals surface area contributed by atoms with Crippen molar-refractivity contribution in [3.05, 3.63) is 12.2 Å². The first-order valence-electron chi connectivity index (χ1n) is 9.79. The highest BCUT2D eigenvalue weighted by Crippen LogP contribution is 2.65. The van der Waals surface area contributed by atoms with Gasteiger partial charge in [-0.25, -0.2) is 0 Å². The zero-order valence-electron chi connectivity index (χ0n) is 16.2. The van der Waals surface area contributed by atoms with Crippen LogP contribution in [0.3, 0.4) is 0 Å². The summed E-state index contributed by atoms with van der Waals surface area (Å²) in [5.41, 5.74) is 0.528. The topological polar surface area (TPSA) is 55.4 Å². The second-order valence-electron chi connectivity index (χ2n) is 9.64. The fourth-order valence-corrected chi connectivity index (χ4v) is 6.18. The van der Waals surface area contributed by atoms with Crippen LogP contribution in [0.4, 0.5) is 0 Å². The fourth-order valence-electron chi connectivity index (χ4n) is 6.18. The Morgan fingerprint density at radius 3 is 2.28 bits per heavy atom. The largest absolute Gasteiger partial charge is 0.457 e. The van der Waals surface area contributed by atoms with Gasteiger partial charge < -0.3 is 10.1 Å². The van der Waals surface area contributed by atoms with Gasteiger partial charge in [-0.3, -0.25) is 9.59 Å². The Kier molecular flexibility index (Phi) is 4.76. The van der Waals surface area contributed by atoms with Gasteiger partial charge in [0.05, 0.1) is 0 Å². The molecule has 4 aliphatic rings. The number of ether oxygens (including phenoxy) is 1. The minimum Gasteiger partial charge on any atom is -0.457 e. The monoisotopic (exact) mass is 347 g/mol. The number of carbonyl (C=O) groups is 2. The normalized spacial score (nSPS) is 38.7. The standard InChI is InChI=1S/C21H33NO3/c1-13(2)8-21(25-18(23)12-22-19(24)14(3)4)16-6-15-7-17(21)11-20(5,9-15)10-16/h13,15-17H,3,6-12H2,1-2,4-5H3,(H,22,24). The summed E-state index contributed by atoms with van der Waals surface area (Å²) >= 11 is 0. The Morgan fingerprint density at radius 2 is 1.80 bits per heavy atom. The highest BCUT2D eigenvalue weighted by Gasteiger charge is 2.62. The highest BCUT2D eigenvalue weighted by molar-refractivity contribution is 5.94. The zero-order chi connectivity index (χ0) is 18.4. The van der Waals surface area contributed by atoms with Crippen molar-refractivity contribution in [3.8, 4) is 0 Å². The summed E-state index contributed by atoms with van der Waals surface area (Å²) < 4.78 is 6.22. The average Bonchev–Trinajstić information content (AvgIpc) is 2.47. The minimum absolute atomic E-state index is 0.0638. The van der Waals surface area contributed by atoms with Gasteiger partial charge in [-0.05, 0) is 74.5 Å². The van der Waals surface area contributed by atoms with Crippen molar-refractivity contribution in [1.82, 2.24) is 5.32 Å². The molecule has 0 heterocycles. The SMILES string of the molecule is C=C(C)C(=O)NCC(=O)OC1(CC(C)C)C2CC3CC1CC(C)(C3)C2. The Labute approximate surface area is 151 Å². The number of hydrogen-bond donors (Lipinski definition) is 1. The van der Waals surface area contributed by atoms with Crippen molar-refractivity contribution < 1.29 is 14.3 Å². The van der Waals surface area contributed by atoms with Gasteiger partial charge >= 0.3 is 5.97 Å². The predicted molar refractivity (Wildman–Crippen MR) is 97.8 cm³/mol. The number of rotatable bonds is 6. The first kappa shape index (κ1) is 18.5. The average molecular weight is 347 g/mol. The van der Waals surface area contributed by atoms with Gasteiger partial charge in [0.15, 0.2) is 0 Å². The van der Waals surface area contributed by atoms with Crippen LogP contribution in [0.1, 0.15) is 66.2 Å². The van der Waals surface area contributed by atoms with Crippen LogP contribution in [-0.2, 0) is 14.3 Å². The Hall–Kier alpha value is -1.32. The van der Waals surface area contributed by atoms with Crippen molar-refractivity contribution in [2.24, 2.45) is 29.1 Å². The molecule has 0 aromatic carbocycles. The third kappa shape index (κ3) is 3.50. The molecule has 4 heteroatoms. The van der Waals surface area contributed by atoms with Gasteiger partial charge in [0, 0.05) is 5.57 Å². The molecular weight excluding hydrogens is 314 g/mol. The molecule has 0 spiro atoms. The quantitative estimate of drug-likeness (QED) is 0.586. The maximum Gasteiger partial charge on any atom is 0.325 e. The summed E-state index contributed by atoms with van der Waals surface area (Å²) in [6.07, 6.45) is 7.04. The van der Waals surface area contributed by atoms with E-state index in [0.717, 1.165) is 12.3 Å². The number of carbonyl (C=O) groups excluding carboxylic acids is 2. The third-order valence-electron chi connectivity index (χ3n) is 6.69. The van der Waals surface area contributed by atoms with Crippen LogP contribution < -0.4 is 5.32 Å². The summed E-state index contributed by atoms with van der Waals surface area (Å²) in [6, 6.07) is 0. The maximum atomic E-state index is 12.6.